The number of benzene rings is 1. The molecule has 0 radical (unpaired) electrons. The van der Waals surface area contributed by atoms with E-state index in [2.05, 4.69) is 24.7 Å². The van der Waals surface area contributed by atoms with Crippen LogP contribution >= 0.6 is 0 Å². The van der Waals surface area contributed by atoms with E-state index in [1.165, 1.54) is 18.2 Å². The van der Waals surface area contributed by atoms with Crippen molar-refractivity contribution in [3.8, 4) is 0 Å². The molecule has 2 nitrogen and oxygen atoms in total. The molecule has 0 amide bonds. The number of aryl methyl sites for hydroxylation is 1. The first-order valence-electron chi connectivity index (χ1n) is 5.46. The van der Waals surface area contributed by atoms with Crippen LogP contribution in [0.4, 0.5) is 0 Å². The van der Waals surface area contributed by atoms with Crippen molar-refractivity contribution >= 4 is 11.5 Å². The van der Waals surface area contributed by atoms with Crippen molar-refractivity contribution in [3.05, 3.63) is 41.0 Å². The summed E-state index contributed by atoms with van der Waals surface area (Å²) in [5.74, 6) is -0.285. The van der Waals surface area contributed by atoms with Gasteiger partial charge in [0.1, 0.15) is 0 Å². The lowest BCUT2D eigenvalue weighted by Crippen LogP contribution is -2.02. The Kier molecular flexibility index (Phi) is 4.29. The maximum atomic E-state index is 11.3. The fraction of sp³-hybridized carbons (Fsp3) is 0.357. The molecule has 0 aromatic heterocycles. The van der Waals surface area contributed by atoms with E-state index in [4.69, 9.17) is 0 Å². The van der Waals surface area contributed by atoms with Crippen LogP contribution in [0.3, 0.4) is 0 Å². The van der Waals surface area contributed by atoms with Crippen LogP contribution in [0.2, 0.25) is 0 Å². The second kappa shape index (κ2) is 5.50. The second-order valence-corrected chi connectivity index (χ2v) is 3.82. The number of allylic oxidation sites excluding steroid dienone is 2. The Morgan fingerprint density at radius 3 is 2.62 bits per heavy atom. The quantitative estimate of drug-likeness (QED) is 0.725. The lowest BCUT2D eigenvalue weighted by atomic mass is 9.99. The Morgan fingerprint density at radius 2 is 2.12 bits per heavy atom. The number of hydrogen-bond donors (Lipinski definition) is 0. The lowest BCUT2D eigenvalue weighted by Gasteiger charge is -2.08. The SMILES string of the molecule is CC/C=C(/C)c1ccc(C(=O)OC)cc1C. The molecule has 0 aliphatic carbocycles. The third kappa shape index (κ3) is 2.72. The molecule has 1 aromatic carbocycles. The summed E-state index contributed by atoms with van der Waals surface area (Å²) in [5, 5.41) is 0. The van der Waals surface area contributed by atoms with Crippen molar-refractivity contribution in [2.75, 3.05) is 7.11 Å². The van der Waals surface area contributed by atoms with Crippen LogP contribution in [0.15, 0.2) is 24.3 Å². The molecule has 0 unspecified atom stereocenters. The molecule has 1 aromatic rings. The fourth-order valence-corrected chi connectivity index (χ4v) is 1.77. The average Bonchev–Trinajstić information content (AvgIpc) is 2.28. The van der Waals surface area contributed by atoms with Gasteiger partial charge in [-0.15, -0.1) is 0 Å². The minimum atomic E-state index is -0.285. The van der Waals surface area contributed by atoms with Crippen LogP contribution in [0.25, 0.3) is 5.57 Å². The number of ether oxygens (including phenoxy) is 1. The summed E-state index contributed by atoms with van der Waals surface area (Å²) >= 11 is 0. The van der Waals surface area contributed by atoms with E-state index in [9.17, 15) is 4.79 Å². The summed E-state index contributed by atoms with van der Waals surface area (Å²) in [4.78, 5) is 11.3. The average molecular weight is 218 g/mol. The fourth-order valence-electron chi connectivity index (χ4n) is 1.77. The van der Waals surface area contributed by atoms with E-state index < -0.39 is 0 Å². The maximum absolute atomic E-state index is 11.3. The maximum Gasteiger partial charge on any atom is 0.337 e. The topological polar surface area (TPSA) is 26.3 Å². The zero-order chi connectivity index (χ0) is 12.1. The molecule has 0 saturated heterocycles. The summed E-state index contributed by atoms with van der Waals surface area (Å²) in [6.45, 7) is 6.21. The molecule has 0 fully saturated rings. The van der Waals surface area contributed by atoms with Crippen molar-refractivity contribution in [1.82, 2.24) is 0 Å². The van der Waals surface area contributed by atoms with Gasteiger partial charge in [0, 0.05) is 0 Å². The first-order chi connectivity index (χ1) is 7.60. The smallest absolute Gasteiger partial charge is 0.337 e. The summed E-state index contributed by atoms with van der Waals surface area (Å²) in [6, 6.07) is 5.65. The first-order valence-corrected chi connectivity index (χ1v) is 5.46. The lowest BCUT2D eigenvalue weighted by molar-refractivity contribution is 0.0600. The molecule has 0 heterocycles. The predicted octanol–water partition coefficient (Wildman–Crippen LogP) is 3.59. The number of hydrogen-bond acceptors (Lipinski definition) is 2. The van der Waals surface area contributed by atoms with Crippen LogP contribution in [-0.4, -0.2) is 13.1 Å². The van der Waals surface area contributed by atoms with Gasteiger partial charge in [-0.2, -0.15) is 0 Å². The van der Waals surface area contributed by atoms with Crippen molar-refractivity contribution in [2.45, 2.75) is 27.2 Å². The monoisotopic (exact) mass is 218 g/mol. The van der Waals surface area contributed by atoms with Gasteiger partial charge >= 0.3 is 5.97 Å². The summed E-state index contributed by atoms with van der Waals surface area (Å²) in [6.07, 6.45) is 3.20. The largest absolute Gasteiger partial charge is 0.465 e. The minimum Gasteiger partial charge on any atom is -0.465 e. The van der Waals surface area contributed by atoms with E-state index in [0.717, 1.165) is 12.0 Å². The molecule has 86 valence electrons. The van der Waals surface area contributed by atoms with E-state index in [1.54, 1.807) is 6.07 Å². The number of carbonyl (C=O) groups excluding carboxylic acids is 1. The van der Waals surface area contributed by atoms with E-state index >= 15 is 0 Å². The Bertz CT molecular complexity index is 417. The highest BCUT2D eigenvalue weighted by Gasteiger charge is 2.07. The first kappa shape index (κ1) is 12.5. The molecule has 0 atom stereocenters. The molecule has 0 bridgehead atoms. The van der Waals surface area contributed by atoms with Crippen molar-refractivity contribution in [2.24, 2.45) is 0 Å². The highest BCUT2D eigenvalue weighted by Crippen LogP contribution is 2.20. The second-order valence-electron chi connectivity index (χ2n) is 3.82. The molecular weight excluding hydrogens is 200 g/mol. The number of esters is 1. The van der Waals surface area contributed by atoms with Gasteiger partial charge in [0.05, 0.1) is 12.7 Å². The van der Waals surface area contributed by atoms with Gasteiger partial charge in [-0.05, 0) is 49.1 Å². The van der Waals surface area contributed by atoms with Crippen molar-refractivity contribution in [1.29, 1.82) is 0 Å². The third-order valence-corrected chi connectivity index (χ3v) is 2.58. The Labute approximate surface area is 96.9 Å². The van der Waals surface area contributed by atoms with Gasteiger partial charge in [0.25, 0.3) is 0 Å². The summed E-state index contributed by atoms with van der Waals surface area (Å²) in [5.41, 5.74) is 4.14. The van der Waals surface area contributed by atoms with Gasteiger partial charge in [0.15, 0.2) is 0 Å². The van der Waals surface area contributed by atoms with Crippen LogP contribution in [-0.2, 0) is 4.74 Å². The van der Waals surface area contributed by atoms with Crippen molar-refractivity contribution in [3.63, 3.8) is 0 Å². The number of carbonyl (C=O) groups is 1. The molecule has 1 rings (SSSR count). The van der Waals surface area contributed by atoms with E-state index in [0.29, 0.717) is 5.56 Å². The molecule has 0 saturated carbocycles. The van der Waals surface area contributed by atoms with Crippen LogP contribution in [0.1, 0.15) is 41.8 Å². The van der Waals surface area contributed by atoms with Gasteiger partial charge in [-0.25, -0.2) is 4.79 Å². The normalized spacial score (nSPS) is 11.4. The molecular formula is C14H18O2. The summed E-state index contributed by atoms with van der Waals surface area (Å²) in [7, 11) is 1.40. The minimum absolute atomic E-state index is 0.285. The van der Waals surface area contributed by atoms with Crippen LogP contribution in [0, 0.1) is 6.92 Å². The Balaban J connectivity index is 3.09. The van der Waals surface area contributed by atoms with Gasteiger partial charge in [-0.3, -0.25) is 0 Å². The highest BCUT2D eigenvalue weighted by atomic mass is 16.5. The molecule has 0 spiro atoms. The van der Waals surface area contributed by atoms with Gasteiger partial charge in [-0.1, -0.05) is 19.1 Å². The zero-order valence-corrected chi connectivity index (χ0v) is 10.3. The summed E-state index contributed by atoms with van der Waals surface area (Å²) < 4.78 is 4.69. The standard InChI is InChI=1S/C14H18O2/c1-5-6-10(2)13-8-7-12(9-11(13)3)14(15)16-4/h6-9H,5H2,1-4H3/b10-6-. The Hall–Kier alpha value is -1.57. The van der Waals surface area contributed by atoms with Gasteiger partial charge < -0.3 is 4.74 Å². The van der Waals surface area contributed by atoms with Crippen LogP contribution < -0.4 is 0 Å². The zero-order valence-electron chi connectivity index (χ0n) is 10.3. The third-order valence-electron chi connectivity index (χ3n) is 2.58. The van der Waals surface area contributed by atoms with Crippen molar-refractivity contribution < 1.29 is 9.53 Å². The molecule has 16 heavy (non-hydrogen) atoms. The Morgan fingerprint density at radius 1 is 1.44 bits per heavy atom. The predicted molar refractivity (Wildman–Crippen MR) is 66.5 cm³/mol. The van der Waals surface area contributed by atoms with Crippen LogP contribution in [0.5, 0.6) is 0 Å². The molecule has 2 heteroatoms. The number of rotatable bonds is 3. The molecule has 0 N–H and O–H groups in total. The van der Waals surface area contributed by atoms with E-state index in [-0.39, 0.29) is 5.97 Å². The van der Waals surface area contributed by atoms with Gasteiger partial charge in [0.2, 0.25) is 0 Å². The van der Waals surface area contributed by atoms with E-state index in [1.807, 2.05) is 19.1 Å². The molecule has 0 aliphatic heterocycles. The molecule has 0 aliphatic rings. The highest BCUT2D eigenvalue weighted by molar-refractivity contribution is 5.90. The number of methoxy groups -OCH3 is 1.